The van der Waals surface area contributed by atoms with Crippen molar-refractivity contribution in [3.8, 4) is 11.8 Å². The third kappa shape index (κ3) is 3.00. The number of hydrogen-bond donors (Lipinski definition) is 0. The van der Waals surface area contributed by atoms with Gasteiger partial charge in [0.05, 0.1) is 33.3 Å². The maximum Gasteiger partial charge on any atom is 0.309 e. The van der Waals surface area contributed by atoms with Crippen LogP contribution in [0.4, 0.5) is 0 Å². The average molecular weight is 280 g/mol. The Morgan fingerprint density at radius 3 is 2.25 bits per heavy atom. The molecular weight excluding hydrogens is 260 g/mol. The van der Waals surface area contributed by atoms with Gasteiger partial charge in [0.2, 0.25) is 11.8 Å². The molecular formula is C14H20N2O4. The monoisotopic (exact) mass is 280 g/mol. The minimum absolute atomic E-state index is 0.0415. The van der Waals surface area contributed by atoms with Crippen LogP contribution in [0.25, 0.3) is 0 Å². The first-order chi connectivity index (χ1) is 9.69. The predicted molar refractivity (Wildman–Crippen MR) is 71.9 cm³/mol. The smallest absolute Gasteiger partial charge is 0.309 e. The van der Waals surface area contributed by atoms with E-state index in [1.165, 1.54) is 7.11 Å². The molecule has 1 aliphatic carbocycles. The van der Waals surface area contributed by atoms with Gasteiger partial charge >= 0.3 is 5.97 Å². The van der Waals surface area contributed by atoms with Gasteiger partial charge in [-0.2, -0.15) is 9.97 Å². The van der Waals surface area contributed by atoms with Gasteiger partial charge in [-0.1, -0.05) is 12.8 Å². The van der Waals surface area contributed by atoms with Crippen LogP contribution in [-0.4, -0.2) is 37.3 Å². The lowest BCUT2D eigenvalue weighted by atomic mass is 9.78. The van der Waals surface area contributed by atoms with Gasteiger partial charge < -0.3 is 14.2 Å². The van der Waals surface area contributed by atoms with Gasteiger partial charge in [-0.15, -0.1) is 0 Å². The van der Waals surface area contributed by atoms with Crippen LogP contribution in [0.15, 0.2) is 6.07 Å². The first kappa shape index (κ1) is 14.6. The third-order valence-electron chi connectivity index (χ3n) is 3.72. The summed E-state index contributed by atoms with van der Waals surface area (Å²) in [6.07, 6.45) is 3.76. The Hall–Kier alpha value is -1.85. The zero-order valence-corrected chi connectivity index (χ0v) is 12.1. The van der Waals surface area contributed by atoms with Crippen molar-refractivity contribution < 1.29 is 19.0 Å². The van der Waals surface area contributed by atoms with Crippen molar-refractivity contribution in [2.45, 2.75) is 31.6 Å². The molecule has 0 aliphatic heterocycles. The third-order valence-corrected chi connectivity index (χ3v) is 3.72. The van der Waals surface area contributed by atoms with Gasteiger partial charge in [0.1, 0.15) is 5.82 Å². The van der Waals surface area contributed by atoms with E-state index in [2.05, 4.69) is 9.97 Å². The molecule has 6 heteroatoms. The summed E-state index contributed by atoms with van der Waals surface area (Å²) >= 11 is 0. The molecule has 0 amide bonds. The summed E-state index contributed by atoms with van der Waals surface area (Å²) in [4.78, 5) is 20.7. The SMILES string of the molecule is COC(=O)[C@H]1CCCC[C@H]1c1nc(OC)cc(OC)n1. The van der Waals surface area contributed by atoms with E-state index >= 15 is 0 Å². The van der Waals surface area contributed by atoms with Gasteiger partial charge in [0, 0.05) is 5.92 Å². The van der Waals surface area contributed by atoms with E-state index in [9.17, 15) is 4.79 Å². The highest BCUT2D eigenvalue weighted by Gasteiger charge is 2.35. The molecule has 0 N–H and O–H groups in total. The van der Waals surface area contributed by atoms with Gasteiger partial charge in [0.15, 0.2) is 0 Å². The lowest BCUT2D eigenvalue weighted by Gasteiger charge is -2.28. The minimum Gasteiger partial charge on any atom is -0.481 e. The number of hydrogen-bond acceptors (Lipinski definition) is 6. The molecule has 1 fully saturated rings. The van der Waals surface area contributed by atoms with E-state index in [0.29, 0.717) is 17.6 Å². The highest BCUT2D eigenvalue weighted by molar-refractivity contribution is 5.73. The molecule has 0 saturated heterocycles. The van der Waals surface area contributed by atoms with Crippen LogP contribution in [0.1, 0.15) is 37.4 Å². The van der Waals surface area contributed by atoms with Crippen LogP contribution in [0.2, 0.25) is 0 Å². The Morgan fingerprint density at radius 1 is 1.10 bits per heavy atom. The lowest BCUT2D eigenvalue weighted by molar-refractivity contribution is -0.147. The summed E-state index contributed by atoms with van der Waals surface area (Å²) in [5, 5.41) is 0. The second-order valence-electron chi connectivity index (χ2n) is 4.83. The molecule has 0 aromatic carbocycles. The van der Waals surface area contributed by atoms with Gasteiger partial charge in [0.25, 0.3) is 0 Å². The summed E-state index contributed by atoms with van der Waals surface area (Å²) in [5.41, 5.74) is 0. The molecule has 0 spiro atoms. The standard InChI is InChI=1S/C14H20N2O4/c1-18-11-8-12(19-2)16-13(15-11)9-6-4-5-7-10(9)14(17)20-3/h8-10H,4-7H2,1-3H3/t9-,10+/m1/s1. The number of rotatable bonds is 4. The van der Waals surface area contributed by atoms with Crippen molar-refractivity contribution in [3.63, 3.8) is 0 Å². The van der Waals surface area contributed by atoms with Crippen molar-refractivity contribution >= 4 is 5.97 Å². The molecule has 0 unspecified atom stereocenters. The van der Waals surface area contributed by atoms with E-state index < -0.39 is 0 Å². The molecule has 1 heterocycles. The number of carbonyl (C=O) groups is 1. The zero-order valence-electron chi connectivity index (χ0n) is 12.1. The molecule has 2 rings (SSSR count). The molecule has 20 heavy (non-hydrogen) atoms. The average Bonchev–Trinajstić information content (AvgIpc) is 2.53. The van der Waals surface area contributed by atoms with Gasteiger partial charge in [-0.25, -0.2) is 0 Å². The highest BCUT2D eigenvalue weighted by atomic mass is 16.5. The molecule has 2 atom stereocenters. The van der Waals surface area contributed by atoms with Crippen LogP contribution in [0.3, 0.4) is 0 Å². The molecule has 1 saturated carbocycles. The van der Waals surface area contributed by atoms with Gasteiger partial charge in [-0.3, -0.25) is 4.79 Å². The number of ether oxygens (including phenoxy) is 3. The fourth-order valence-electron chi connectivity index (χ4n) is 2.67. The molecule has 0 radical (unpaired) electrons. The quantitative estimate of drug-likeness (QED) is 0.785. The fraction of sp³-hybridized carbons (Fsp3) is 0.643. The Balaban J connectivity index is 2.33. The second-order valence-corrected chi connectivity index (χ2v) is 4.83. The largest absolute Gasteiger partial charge is 0.481 e. The first-order valence-electron chi connectivity index (χ1n) is 6.74. The van der Waals surface area contributed by atoms with Gasteiger partial charge in [-0.05, 0) is 12.8 Å². The molecule has 0 bridgehead atoms. The number of esters is 1. The zero-order chi connectivity index (χ0) is 14.5. The summed E-state index contributed by atoms with van der Waals surface area (Å²) < 4.78 is 15.2. The predicted octanol–water partition coefficient (Wildman–Crippen LogP) is 1.94. The summed E-state index contributed by atoms with van der Waals surface area (Å²) in [6.45, 7) is 0. The summed E-state index contributed by atoms with van der Waals surface area (Å²) in [7, 11) is 4.51. The van der Waals surface area contributed by atoms with Crippen LogP contribution >= 0.6 is 0 Å². The Labute approximate surface area is 118 Å². The maximum atomic E-state index is 11.9. The second kappa shape index (κ2) is 6.54. The Kier molecular flexibility index (Phi) is 4.76. The van der Waals surface area contributed by atoms with Crippen LogP contribution < -0.4 is 9.47 Å². The minimum atomic E-state index is -0.194. The van der Waals surface area contributed by atoms with Crippen molar-refractivity contribution in [3.05, 3.63) is 11.9 Å². The Morgan fingerprint density at radius 2 is 1.70 bits per heavy atom. The normalized spacial score (nSPS) is 22.1. The topological polar surface area (TPSA) is 70.5 Å². The van der Waals surface area contributed by atoms with Crippen LogP contribution in [0, 0.1) is 5.92 Å². The van der Waals surface area contributed by atoms with Crippen molar-refractivity contribution in [2.24, 2.45) is 5.92 Å². The first-order valence-corrected chi connectivity index (χ1v) is 6.74. The molecule has 110 valence electrons. The van der Waals surface area contributed by atoms with E-state index in [0.717, 1.165) is 25.7 Å². The summed E-state index contributed by atoms with van der Waals surface area (Å²) in [5.74, 6) is 1.06. The van der Waals surface area contributed by atoms with E-state index in [1.807, 2.05) is 0 Å². The molecule has 6 nitrogen and oxygen atoms in total. The van der Waals surface area contributed by atoms with E-state index in [4.69, 9.17) is 14.2 Å². The number of nitrogens with zero attached hydrogens (tertiary/aromatic N) is 2. The lowest BCUT2D eigenvalue weighted by Crippen LogP contribution is -2.28. The number of methoxy groups -OCH3 is 3. The molecule has 1 aliphatic rings. The highest BCUT2D eigenvalue weighted by Crippen LogP contribution is 2.38. The van der Waals surface area contributed by atoms with E-state index in [-0.39, 0.29) is 17.8 Å². The van der Waals surface area contributed by atoms with Crippen LogP contribution in [-0.2, 0) is 9.53 Å². The number of carbonyl (C=O) groups excluding carboxylic acids is 1. The molecule has 1 aromatic heterocycles. The number of aromatic nitrogens is 2. The maximum absolute atomic E-state index is 11.9. The summed E-state index contributed by atoms with van der Waals surface area (Å²) in [6, 6.07) is 1.62. The Bertz CT molecular complexity index is 456. The fourth-order valence-corrected chi connectivity index (χ4v) is 2.67. The van der Waals surface area contributed by atoms with Crippen molar-refractivity contribution in [2.75, 3.05) is 21.3 Å². The van der Waals surface area contributed by atoms with Crippen molar-refractivity contribution in [1.82, 2.24) is 9.97 Å². The van der Waals surface area contributed by atoms with Crippen LogP contribution in [0.5, 0.6) is 11.8 Å². The van der Waals surface area contributed by atoms with Crippen molar-refractivity contribution in [1.29, 1.82) is 0 Å². The van der Waals surface area contributed by atoms with E-state index in [1.54, 1.807) is 20.3 Å². The molecule has 1 aromatic rings.